The normalized spacial score (nSPS) is 14.3. The first kappa shape index (κ1) is 17.2. The maximum absolute atomic E-state index is 13.7. The van der Waals surface area contributed by atoms with Gasteiger partial charge in [0.1, 0.15) is 5.82 Å². The average molecular weight is 362 g/mol. The van der Waals surface area contributed by atoms with Gasteiger partial charge in [-0.2, -0.15) is 4.31 Å². The lowest BCUT2D eigenvalue weighted by molar-refractivity contribution is 0.0693. The number of nitrogens with zero attached hydrogens (tertiary/aromatic N) is 2. The van der Waals surface area contributed by atoms with E-state index in [4.69, 9.17) is 0 Å². The first-order valence-corrected chi connectivity index (χ1v) is 8.83. The van der Waals surface area contributed by atoms with Crippen LogP contribution in [-0.4, -0.2) is 43.5 Å². The van der Waals surface area contributed by atoms with E-state index in [9.17, 15) is 22.4 Å². The van der Waals surface area contributed by atoms with Crippen molar-refractivity contribution in [3.05, 3.63) is 65.0 Å². The number of halogens is 1. The molecule has 1 aliphatic rings. The number of amides is 2. The maximum Gasteiger partial charge on any atom is 0.261 e. The van der Waals surface area contributed by atoms with Crippen molar-refractivity contribution in [3.8, 4) is 0 Å². The van der Waals surface area contributed by atoms with Crippen LogP contribution in [-0.2, 0) is 16.6 Å². The number of hydrogen-bond donors (Lipinski definition) is 0. The number of benzene rings is 2. The largest absolute Gasteiger partial charge is 0.277 e. The molecule has 1 heterocycles. The highest BCUT2D eigenvalue weighted by Crippen LogP contribution is 2.26. The molecule has 3 rings (SSSR count). The summed E-state index contributed by atoms with van der Waals surface area (Å²) in [5, 5.41) is 0. The fourth-order valence-corrected chi connectivity index (χ4v) is 3.81. The summed E-state index contributed by atoms with van der Waals surface area (Å²) in [5.74, 6) is -1.52. The van der Waals surface area contributed by atoms with E-state index in [2.05, 4.69) is 0 Å². The second-order valence-corrected chi connectivity index (χ2v) is 7.77. The Morgan fingerprint density at radius 1 is 1.04 bits per heavy atom. The first-order chi connectivity index (χ1) is 11.7. The minimum Gasteiger partial charge on any atom is -0.277 e. The number of carbonyl (C=O) groups is 2. The molecule has 6 nitrogen and oxygen atoms in total. The molecular formula is C17H15FN2O4S. The Balaban J connectivity index is 1.95. The molecule has 0 aliphatic carbocycles. The molecule has 0 bridgehead atoms. The van der Waals surface area contributed by atoms with Crippen molar-refractivity contribution in [1.82, 2.24) is 9.21 Å². The van der Waals surface area contributed by atoms with Crippen LogP contribution < -0.4 is 0 Å². The fraction of sp³-hybridized carbons (Fsp3) is 0.176. The Morgan fingerprint density at radius 3 is 2.36 bits per heavy atom. The molecule has 0 saturated heterocycles. The maximum atomic E-state index is 13.7. The van der Waals surface area contributed by atoms with E-state index < -0.39 is 27.7 Å². The molecule has 0 saturated carbocycles. The van der Waals surface area contributed by atoms with Gasteiger partial charge in [0.15, 0.2) is 0 Å². The van der Waals surface area contributed by atoms with Crippen molar-refractivity contribution >= 4 is 21.8 Å². The van der Waals surface area contributed by atoms with Gasteiger partial charge in [-0.1, -0.05) is 18.2 Å². The van der Waals surface area contributed by atoms with E-state index in [1.54, 1.807) is 6.07 Å². The van der Waals surface area contributed by atoms with Crippen molar-refractivity contribution in [2.75, 3.05) is 14.1 Å². The molecule has 130 valence electrons. The van der Waals surface area contributed by atoms with Gasteiger partial charge in [-0.25, -0.2) is 12.8 Å². The first-order valence-electron chi connectivity index (χ1n) is 7.39. The molecule has 0 spiro atoms. The Kier molecular flexibility index (Phi) is 4.18. The van der Waals surface area contributed by atoms with Gasteiger partial charge >= 0.3 is 0 Å². The summed E-state index contributed by atoms with van der Waals surface area (Å²) in [6.45, 7) is -0.154. The van der Waals surface area contributed by atoms with Gasteiger partial charge in [-0.3, -0.25) is 14.5 Å². The SMILES string of the molecule is CN1C(=O)c2ccc(S(=O)(=O)N(C)Cc3ccccc3F)cc2C1=O. The van der Waals surface area contributed by atoms with Crippen LogP contribution in [0.25, 0.3) is 0 Å². The van der Waals surface area contributed by atoms with E-state index in [1.165, 1.54) is 50.5 Å². The lowest BCUT2D eigenvalue weighted by Gasteiger charge is -2.18. The molecule has 2 aromatic carbocycles. The molecule has 8 heteroatoms. The van der Waals surface area contributed by atoms with Crippen LogP contribution in [0.15, 0.2) is 47.4 Å². The summed E-state index contributed by atoms with van der Waals surface area (Å²) in [7, 11) is -1.29. The molecule has 0 radical (unpaired) electrons. The van der Waals surface area contributed by atoms with E-state index in [0.717, 1.165) is 9.21 Å². The Hall–Kier alpha value is -2.58. The average Bonchev–Trinajstić information content (AvgIpc) is 2.81. The van der Waals surface area contributed by atoms with Crippen LogP contribution in [0.4, 0.5) is 4.39 Å². The van der Waals surface area contributed by atoms with Crippen LogP contribution in [0.5, 0.6) is 0 Å². The summed E-state index contributed by atoms with van der Waals surface area (Å²) >= 11 is 0. The van der Waals surface area contributed by atoms with E-state index >= 15 is 0 Å². The molecule has 2 amide bonds. The molecule has 0 aromatic heterocycles. The molecule has 1 aliphatic heterocycles. The summed E-state index contributed by atoms with van der Waals surface area (Å²) in [6.07, 6.45) is 0. The summed E-state index contributed by atoms with van der Waals surface area (Å²) in [4.78, 5) is 24.7. The summed E-state index contributed by atoms with van der Waals surface area (Å²) < 4.78 is 40.2. The lowest BCUT2D eigenvalue weighted by Crippen LogP contribution is -2.27. The minimum absolute atomic E-state index is 0.0490. The summed E-state index contributed by atoms with van der Waals surface area (Å²) in [5.41, 5.74) is 0.455. The predicted molar refractivity (Wildman–Crippen MR) is 87.9 cm³/mol. The number of hydrogen-bond acceptors (Lipinski definition) is 4. The number of carbonyl (C=O) groups excluding carboxylic acids is 2. The zero-order chi connectivity index (χ0) is 18.4. The lowest BCUT2D eigenvalue weighted by atomic mass is 10.1. The van der Waals surface area contributed by atoms with Gasteiger partial charge in [0.05, 0.1) is 16.0 Å². The van der Waals surface area contributed by atoms with Crippen molar-refractivity contribution in [3.63, 3.8) is 0 Å². The zero-order valence-corrected chi connectivity index (χ0v) is 14.4. The van der Waals surface area contributed by atoms with Gasteiger partial charge < -0.3 is 0 Å². The van der Waals surface area contributed by atoms with Crippen molar-refractivity contribution in [2.24, 2.45) is 0 Å². The number of sulfonamides is 1. The van der Waals surface area contributed by atoms with Gasteiger partial charge in [0.25, 0.3) is 11.8 Å². The molecule has 0 fully saturated rings. The van der Waals surface area contributed by atoms with Crippen LogP contribution in [0.1, 0.15) is 26.3 Å². The van der Waals surface area contributed by atoms with E-state index in [1.807, 2.05) is 0 Å². The predicted octanol–water partition coefficient (Wildman–Crippen LogP) is 1.87. The third-order valence-electron chi connectivity index (χ3n) is 4.12. The van der Waals surface area contributed by atoms with E-state index in [0.29, 0.717) is 0 Å². The second kappa shape index (κ2) is 6.05. The van der Waals surface area contributed by atoms with Crippen LogP contribution in [0.3, 0.4) is 0 Å². The molecular weight excluding hydrogens is 347 g/mol. The third-order valence-corrected chi connectivity index (χ3v) is 5.92. The van der Waals surface area contributed by atoms with Crippen LogP contribution in [0.2, 0.25) is 0 Å². The third kappa shape index (κ3) is 2.83. The monoisotopic (exact) mass is 362 g/mol. The smallest absolute Gasteiger partial charge is 0.261 e. The zero-order valence-electron chi connectivity index (χ0n) is 13.6. The number of rotatable bonds is 4. The van der Waals surface area contributed by atoms with Crippen molar-refractivity contribution in [1.29, 1.82) is 0 Å². The van der Waals surface area contributed by atoms with Gasteiger partial charge in [0.2, 0.25) is 10.0 Å². The molecule has 25 heavy (non-hydrogen) atoms. The standard InChI is InChI=1S/C17H15FN2O4S/c1-19(10-11-5-3-4-6-15(11)18)25(23,24)12-7-8-13-14(9-12)17(22)20(2)16(13)21/h3-9H,10H2,1-2H3. The molecule has 2 aromatic rings. The topological polar surface area (TPSA) is 74.8 Å². The molecule has 0 unspecified atom stereocenters. The Morgan fingerprint density at radius 2 is 1.68 bits per heavy atom. The van der Waals surface area contributed by atoms with Gasteiger partial charge in [-0.15, -0.1) is 0 Å². The second-order valence-electron chi connectivity index (χ2n) is 5.73. The van der Waals surface area contributed by atoms with Crippen molar-refractivity contribution < 1.29 is 22.4 Å². The highest BCUT2D eigenvalue weighted by atomic mass is 32.2. The number of imide groups is 1. The van der Waals surface area contributed by atoms with Crippen LogP contribution >= 0.6 is 0 Å². The highest BCUT2D eigenvalue weighted by molar-refractivity contribution is 7.89. The summed E-state index contributed by atoms with van der Waals surface area (Å²) in [6, 6.07) is 9.68. The Bertz CT molecular complexity index is 988. The van der Waals surface area contributed by atoms with Crippen LogP contribution in [0, 0.1) is 5.82 Å². The fourth-order valence-electron chi connectivity index (χ4n) is 2.63. The molecule has 0 N–H and O–H groups in total. The quantitative estimate of drug-likeness (QED) is 0.779. The van der Waals surface area contributed by atoms with Gasteiger partial charge in [0, 0.05) is 26.2 Å². The Labute approximate surface area is 144 Å². The number of fused-ring (bicyclic) bond motifs is 1. The highest BCUT2D eigenvalue weighted by Gasteiger charge is 2.34. The van der Waals surface area contributed by atoms with E-state index in [-0.39, 0.29) is 28.1 Å². The molecule has 0 atom stereocenters. The minimum atomic E-state index is -3.95. The van der Waals surface area contributed by atoms with Gasteiger partial charge in [-0.05, 0) is 24.3 Å². The van der Waals surface area contributed by atoms with Crippen molar-refractivity contribution in [2.45, 2.75) is 11.4 Å².